The lowest BCUT2D eigenvalue weighted by Crippen LogP contribution is -2.44. The van der Waals surface area contributed by atoms with E-state index in [1.54, 1.807) is 4.90 Å². The van der Waals surface area contributed by atoms with E-state index in [1.807, 2.05) is 0 Å². The lowest BCUT2D eigenvalue weighted by atomic mass is 10.1. The normalized spacial score (nSPS) is 16.9. The molecule has 0 saturated carbocycles. The minimum absolute atomic E-state index is 0.0514. The van der Waals surface area contributed by atoms with E-state index in [-0.39, 0.29) is 29.6 Å². The molecule has 7 nitrogen and oxygen atoms in total. The lowest BCUT2D eigenvalue weighted by molar-refractivity contribution is -0.137. The number of benzene rings is 1. The maximum absolute atomic E-state index is 13.8. The molecule has 3 heterocycles. The second-order valence-electron chi connectivity index (χ2n) is 7.00. The van der Waals surface area contributed by atoms with Gasteiger partial charge in [-0.1, -0.05) is 0 Å². The van der Waals surface area contributed by atoms with Gasteiger partial charge in [0.25, 0.3) is 5.91 Å². The van der Waals surface area contributed by atoms with Crippen molar-refractivity contribution < 1.29 is 27.1 Å². The van der Waals surface area contributed by atoms with Crippen LogP contribution in [0.4, 0.5) is 17.6 Å². The number of hydrogen-bond donors (Lipinski definition) is 0. The molecular weight excluding hydrogens is 418 g/mol. The van der Waals surface area contributed by atoms with Crippen LogP contribution in [-0.2, 0) is 6.18 Å². The average Bonchev–Trinajstić information content (AvgIpc) is 3.28. The minimum atomic E-state index is -4.48. The van der Waals surface area contributed by atoms with Crippen LogP contribution in [0.15, 0.2) is 48.9 Å². The monoisotopic (exact) mass is 435 g/mol. The second kappa shape index (κ2) is 8.32. The first kappa shape index (κ1) is 20.8. The Hall–Kier alpha value is -3.50. The van der Waals surface area contributed by atoms with Crippen molar-refractivity contribution >= 4 is 5.91 Å². The summed E-state index contributed by atoms with van der Waals surface area (Å²) in [7, 11) is 0. The number of piperidine rings is 1. The molecule has 4 rings (SSSR count). The number of likely N-dealkylation sites (tertiary alicyclic amines) is 1. The first-order valence-corrected chi connectivity index (χ1v) is 9.46. The molecule has 0 bridgehead atoms. The summed E-state index contributed by atoms with van der Waals surface area (Å²) in [6.45, 7) is 0.674. The zero-order valence-corrected chi connectivity index (χ0v) is 16.1. The highest BCUT2D eigenvalue weighted by Crippen LogP contribution is 2.29. The van der Waals surface area contributed by atoms with Gasteiger partial charge in [-0.2, -0.15) is 28.2 Å². The number of nitrogens with zero attached hydrogens (tertiary/aromatic N) is 5. The molecule has 1 atom stereocenters. The summed E-state index contributed by atoms with van der Waals surface area (Å²) < 4.78 is 57.5. The highest BCUT2D eigenvalue weighted by Gasteiger charge is 2.31. The molecule has 11 heteroatoms. The predicted molar refractivity (Wildman–Crippen MR) is 100 cm³/mol. The Kier molecular flexibility index (Phi) is 5.57. The van der Waals surface area contributed by atoms with Crippen LogP contribution in [0.25, 0.3) is 5.69 Å². The number of amides is 1. The maximum Gasteiger partial charge on any atom is 0.417 e. The minimum Gasteiger partial charge on any atom is -0.472 e. The molecule has 0 spiro atoms. The number of carbonyl (C=O) groups excluding carboxylic acids is 1. The van der Waals surface area contributed by atoms with Crippen LogP contribution >= 0.6 is 0 Å². The van der Waals surface area contributed by atoms with Crippen LogP contribution in [0.5, 0.6) is 5.88 Å². The van der Waals surface area contributed by atoms with Crippen molar-refractivity contribution in [3.05, 3.63) is 65.9 Å². The van der Waals surface area contributed by atoms with Crippen LogP contribution in [0.2, 0.25) is 0 Å². The van der Waals surface area contributed by atoms with E-state index in [2.05, 4.69) is 15.2 Å². The standard InChI is InChI=1S/C20H17F4N5O2/c21-14-4-5-16(17(10-14)29-26-7-8-27-29)19(30)28-9-1-2-15(12-28)31-18-6-3-13(11-25-18)20(22,23)24/h3-8,10-11,15H,1-2,9,12H2/t15-/m1/s1. The number of rotatable bonds is 4. The first-order chi connectivity index (χ1) is 14.8. The van der Waals surface area contributed by atoms with Gasteiger partial charge in [0.2, 0.25) is 5.88 Å². The second-order valence-corrected chi connectivity index (χ2v) is 7.00. The molecule has 0 radical (unpaired) electrons. The molecule has 1 aromatic carbocycles. The van der Waals surface area contributed by atoms with Crippen molar-refractivity contribution in [3.8, 4) is 11.6 Å². The molecule has 1 fully saturated rings. The third kappa shape index (κ3) is 4.65. The Balaban J connectivity index is 1.49. The summed E-state index contributed by atoms with van der Waals surface area (Å²) in [6, 6.07) is 5.79. The molecule has 1 aliphatic heterocycles. The summed E-state index contributed by atoms with van der Waals surface area (Å²) >= 11 is 0. The van der Waals surface area contributed by atoms with Crippen LogP contribution < -0.4 is 4.74 Å². The number of ether oxygens (including phenoxy) is 1. The number of aromatic nitrogens is 4. The Bertz CT molecular complexity index is 1050. The van der Waals surface area contributed by atoms with Crippen molar-refractivity contribution in [3.63, 3.8) is 0 Å². The van der Waals surface area contributed by atoms with Crippen LogP contribution in [0.1, 0.15) is 28.8 Å². The van der Waals surface area contributed by atoms with Gasteiger partial charge in [-0.15, -0.1) is 0 Å². The zero-order chi connectivity index (χ0) is 22.0. The quantitative estimate of drug-likeness (QED) is 0.587. The van der Waals surface area contributed by atoms with Gasteiger partial charge in [-0.3, -0.25) is 4.79 Å². The molecule has 1 aliphatic rings. The van der Waals surface area contributed by atoms with Gasteiger partial charge in [0.05, 0.1) is 30.1 Å². The topological polar surface area (TPSA) is 73.1 Å². The van der Waals surface area contributed by atoms with Gasteiger partial charge in [-0.05, 0) is 31.0 Å². The summed E-state index contributed by atoms with van der Waals surface area (Å²) in [5, 5.41) is 7.93. The fraction of sp³-hybridized carbons (Fsp3) is 0.300. The number of hydrogen-bond acceptors (Lipinski definition) is 5. The summed E-state index contributed by atoms with van der Waals surface area (Å²) in [5.74, 6) is -0.825. The van der Waals surface area contributed by atoms with Crippen molar-refractivity contribution in [2.45, 2.75) is 25.1 Å². The number of carbonyl (C=O) groups is 1. The fourth-order valence-electron chi connectivity index (χ4n) is 3.37. The number of halogens is 4. The van der Waals surface area contributed by atoms with E-state index in [1.165, 1.54) is 35.4 Å². The van der Waals surface area contributed by atoms with E-state index in [0.717, 1.165) is 12.1 Å². The van der Waals surface area contributed by atoms with Crippen LogP contribution in [-0.4, -0.2) is 50.0 Å². The zero-order valence-electron chi connectivity index (χ0n) is 16.1. The largest absolute Gasteiger partial charge is 0.472 e. The molecule has 2 aromatic heterocycles. The molecule has 0 N–H and O–H groups in total. The molecule has 1 saturated heterocycles. The van der Waals surface area contributed by atoms with Crippen LogP contribution in [0.3, 0.4) is 0 Å². The summed E-state index contributed by atoms with van der Waals surface area (Å²) in [5.41, 5.74) is -0.426. The maximum atomic E-state index is 13.8. The Morgan fingerprint density at radius 2 is 1.90 bits per heavy atom. The van der Waals surface area contributed by atoms with Crippen molar-refractivity contribution in [2.75, 3.05) is 13.1 Å². The van der Waals surface area contributed by atoms with E-state index in [0.29, 0.717) is 25.6 Å². The van der Waals surface area contributed by atoms with Crippen molar-refractivity contribution in [2.24, 2.45) is 0 Å². The highest BCUT2D eigenvalue weighted by atomic mass is 19.4. The van der Waals surface area contributed by atoms with E-state index >= 15 is 0 Å². The molecule has 3 aromatic rings. The lowest BCUT2D eigenvalue weighted by Gasteiger charge is -2.33. The van der Waals surface area contributed by atoms with Gasteiger partial charge >= 0.3 is 6.18 Å². The average molecular weight is 435 g/mol. The number of alkyl halides is 3. The van der Waals surface area contributed by atoms with E-state index in [4.69, 9.17) is 4.74 Å². The molecule has 0 aliphatic carbocycles. The predicted octanol–water partition coefficient (Wildman–Crippen LogP) is 3.50. The van der Waals surface area contributed by atoms with Crippen LogP contribution in [0, 0.1) is 5.82 Å². The molecule has 162 valence electrons. The third-order valence-electron chi connectivity index (χ3n) is 4.84. The highest BCUT2D eigenvalue weighted by molar-refractivity contribution is 5.97. The SMILES string of the molecule is O=C(c1ccc(F)cc1-n1nccn1)N1CCC[C@@H](Oc2ccc(C(F)(F)F)cn2)C1. The third-order valence-corrected chi connectivity index (χ3v) is 4.84. The van der Waals surface area contributed by atoms with Gasteiger partial charge in [0.1, 0.15) is 17.6 Å². The van der Waals surface area contributed by atoms with Gasteiger partial charge in [-0.25, -0.2) is 9.37 Å². The Morgan fingerprint density at radius 3 is 2.58 bits per heavy atom. The van der Waals surface area contributed by atoms with Crippen molar-refractivity contribution in [1.29, 1.82) is 0 Å². The van der Waals surface area contributed by atoms with Gasteiger partial charge < -0.3 is 9.64 Å². The molecule has 31 heavy (non-hydrogen) atoms. The van der Waals surface area contributed by atoms with Gasteiger partial charge in [0.15, 0.2) is 0 Å². The molecule has 1 amide bonds. The van der Waals surface area contributed by atoms with E-state index < -0.39 is 23.7 Å². The number of pyridine rings is 1. The molecule has 0 unspecified atom stereocenters. The van der Waals surface area contributed by atoms with Gasteiger partial charge in [0, 0.05) is 24.9 Å². The Morgan fingerprint density at radius 1 is 1.13 bits per heavy atom. The summed E-state index contributed by atoms with van der Waals surface area (Å²) in [6.07, 6.45) is -0.119. The van der Waals surface area contributed by atoms with E-state index in [9.17, 15) is 22.4 Å². The van der Waals surface area contributed by atoms with Crippen molar-refractivity contribution in [1.82, 2.24) is 24.9 Å². The smallest absolute Gasteiger partial charge is 0.417 e. The molecular formula is C20H17F4N5O2. The Labute approximate surface area is 174 Å². The first-order valence-electron chi connectivity index (χ1n) is 9.46. The summed E-state index contributed by atoms with van der Waals surface area (Å²) in [4.78, 5) is 19.6. The fourth-order valence-corrected chi connectivity index (χ4v) is 3.37.